The van der Waals surface area contributed by atoms with E-state index in [1.54, 1.807) is 0 Å². The molecule has 0 saturated carbocycles. The predicted molar refractivity (Wildman–Crippen MR) is 54.7 cm³/mol. The molecule has 0 spiro atoms. The molecule has 0 aliphatic heterocycles. The van der Waals surface area contributed by atoms with Gasteiger partial charge in [0.05, 0.1) is 33.6 Å². The first-order valence-electron chi connectivity index (χ1n) is 4.66. The zero-order valence-corrected chi connectivity index (χ0v) is 9.32. The Bertz CT molecular complexity index is 644. The van der Waals surface area contributed by atoms with Crippen LogP contribution in [0.15, 0.2) is 0 Å². The number of nitrogen functional groups attached to an aromatic ring is 2. The van der Waals surface area contributed by atoms with Gasteiger partial charge in [0.25, 0.3) is 0 Å². The van der Waals surface area contributed by atoms with Crippen LogP contribution in [-0.2, 0) is 12.4 Å². The van der Waals surface area contributed by atoms with Gasteiger partial charge in [-0.15, -0.1) is 0 Å². The lowest BCUT2D eigenvalue weighted by Gasteiger charge is -2.19. The molecule has 4 nitrogen and oxygen atoms in total. The molecule has 0 fully saturated rings. The van der Waals surface area contributed by atoms with Crippen LogP contribution in [0.1, 0.15) is 22.3 Å². The SMILES string of the molecule is N#Cc1c(N)c(N)c(C(F)(F)F)c(C#N)c1C(F)(F)F. The number of nitrogens with zero attached hydrogens (tertiary/aromatic N) is 2. The average molecular weight is 294 g/mol. The van der Waals surface area contributed by atoms with Gasteiger partial charge in [0.15, 0.2) is 0 Å². The van der Waals surface area contributed by atoms with E-state index in [1.807, 2.05) is 0 Å². The van der Waals surface area contributed by atoms with Gasteiger partial charge in [-0.05, 0) is 0 Å². The first-order chi connectivity index (χ1) is 8.96. The smallest absolute Gasteiger partial charge is 0.396 e. The summed E-state index contributed by atoms with van der Waals surface area (Å²) in [5.41, 5.74) is 0.521. The molecule has 106 valence electrons. The molecule has 1 aromatic rings. The van der Waals surface area contributed by atoms with Gasteiger partial charge in [0.2, 0.25) is 0 Å². The Morgan fingerprint density at radius 2 is 1.10 bits per heavy atom. The van der Waals surface area contributed by atoms with Gasteiger partial charge >= 0.3 is 12.4 Å². The van der Waals surface area contributed by atoms with E-state index < -0.39 is 46.0 Å². The number of benzene rings is 1. The number of nitrogens with two attached hydrogens (primary N) is 2. The van der Waals surface area contributed by atoms with Crippen LogP contribution in [0.3, 0.4) is 0 Å². The monoisotopic (exact) mass is 294 g/mol. The van der Waals surface area contributed by atoms with Gasteiger partial charge in [0, 0.05) is 0 Å². The summed E-state index contributed by atoms with van der Waals surface area (Å²) in [6, 6.07) is 1.81. The largest absolute Gasteiger partial charge is 0.419 e. The number of alkyl halides is 6. The van der Waals surface area contributed by atoms with Crippen LogP contribution in [0.4, 0.5) is 37.7 Å². The second-order valence-electron chi connectivity index (χ2n) is 3.55. The first kappa shape index (κ1) is 15.4. The molecule has 10 heteroatoms. The molecule has 0 atom stereocenters. The van der Waals surface area contributed by atoms with Crippen molar-refractivity contribution in [1.29, 1.82) is 10.5 Å². The van der Waals surface area contributed by atoms with Gasteiger partial charge in [-0.3, -0.25) is 0 Å². The zero-order valence-electron chi connectivity index (χ0n) is 9.32. The number of nitriles is 2. The maximum Gasteiger partial charge on any atom is 0.419 e. The Morgan fingerprint density at radius 3 is 1.40 bits per heavy atom. The fourth-order valence-electron chi connectivity index (χ4n) is 1.59. The lowest BCUT2D eigenvalue weighted by molar-refractivity contribution is -0.143. The number of anilines is 2. The Kier molecular flexibility index (Phi) is 3.46. The molecule has 0 aliphatic rings. The van der Waals surface area contributed by atoms with E-state index in [0.717, 1.165) is 12.1 Å². The molecule has 0 radical (unpaired) electrons. The van der Waals surface area contributed by atoms with Crippen molar-refractivity contribution < 1.29 is 26.3 Å². The number of rotatable bonds is 0. The highest BCUT2D eigenvalue weighted by Gasteiger charge is 2.46. The fourth-order valence-corrected chi connectivity index (χ4v) is 1.59. The highest BCUT2D eigenvalue weighted by atomic mass is 19.4. The minimum Gasteiger partial charge on any atom is -0.396 e. The molecule has 1 aromatic carbocycles. The van der Waals surface area contributed by atoms with Gasteiger partial charge in [-0.2, -0.15) is 36.9 Å². The van der Waals surface area contributed by atoms with Crippen molar-refractivity contribution in [2.24, 2.45) is 0 Å². The number of hydrogen-bond donors (Lipinski definition) is 2. The van der Waals surface area contributed by atoms with Crippen LogP contribution in [0, 0.1) is 22.7 Å². The van der Waals surface area contributed by atoms with E-state index in [4.69, 9.17) is 22.0 Å². The molecule has 4 N–H and O–H groups in total. The lowest BCUT2D eigenvalue weighted by Crippen LogP contribution is -2.21. The molecule has 20 heavy (non-hydrogen) atoms. The molecule has 1 rings (SSSR count). The van der Waals surface area contributed by atoms with Gasteiger partial charge < -0.3 is 11.5 Å². The molecular weight excluding hydrogens is 290 g/mol. The van der Waals surface area contributed by atoms with Crippen molar-refractivity contribution in [1.82, 2.24) is 0 Å². The number of hydrogen-bond acceptors (Lipinski definition) is 4. The Morgan fingerprint density at radius 1 is 0.700 bits per heavy atom. The molecule has 0 amide bonds. The maximum absolute atomic E-state index is 12.8. The standard InChI is InChI=1S/C10H4F6N4/c11-9(12,13)5-3(1-17)6(10(14,15)16)8(20)7(19)4(5)2-18/h19-20H2. The van der Waals surface area contributed by atoms with Gasteiger partial charge in [-0.25, -0.2) is 0 Å². The van der Waals surface area contributed by atoms with E-state index in [-0.39, 0.29) is 0 Å². The van der Waals surface area contributed by atoms with E-state index in [2.05, 4.69) is 0 Å². The summed E-state index contributed by atoms with van der Waals surface area (Å²) < 4.78 is 76.6. The normalized spacial score (nSPS) is 11.8. The van der Waals surface area contributed by atoms with Gasteiger partial charge in [-0.1, -0.05) is 0 Å². The summed E-state index contributed by atoms with van der Waals surface area (Å²) in [4.78, 5) is 0. The summed E-state index contributed by atoms with van der Waals surface area (Å²) in [6.45, 7) is 0. The van der Waals surface area contributed by atoms with E-state index >= 15 is 0 Å². The van der Waals surface area contributed by atoms with Crippen LogP contribution < -0.4 is 11.5 Å². The van der Waals surface area contributed by atoms with Crippen molar-refractivity contribution in [3.8, 4) is 12.1 Å². The first-order valence-corrected chi connectivity index (χ1v) is 4.66. The van der Waals surface area contributed by atoms with Crippen molar-refractivity contribution in [2.75, 3.05) is 11.5 Å². The van der Waals surface area contributed by atoms with Crippen molar-refractivity contribution in [3.63, 3.8) is 0 Å². The molecule has 0 heterocycles. The summed E-state index contributed by atoms with van der Waals surface area (Å²) in [6.07, 6.45) is -10.7. The summed E-state index contributed by atoms with van der Waals surface area (Å²) in [5.74, 6) is 0. The zero-order chi connectivity index (χ0) is 15.9. The Hall–Kier alpha value is -2.62. The molecular formula is C10H4F6N4. The third-order valence-electron chi connectivity index (χ3n) is 2.37. The Balaban J connectivity index is 4.10. The van der Waals surface area contributed by atoms with E-state index in [0.29, 0.717) is 0 Å². The topological polar surface area (TPSA) is 99.6 Å². The molecule has 0 aromatic heterocycles. The second kappa shape index (κ2) is 4.49. The second-order valence-corrected chi connectivity index (χ2v) is 3.55. The quantitative estimate of drug-likeness (QED) is 0.567. The van der Waals surface area contributed by atoms with Crippen LogP contribution in [0.25, 0.3) is 0 Å². The minimum absolute atomic E-state index is 0.793. The summed E-state index contributed by atoms with van der Waals surface area (Å²) >= 11 is 0. The van der Waals surface area contributed by atoms with Crippen molar-refractivity contribution in [2.45, 2.75) is 12.4 Å². The average Bonchev–Trinajstić information content (AvgIpc) is 2.28. The maximum atomic E-state index is 12.8. The van der Waals surface area contributed by atoms with Crippen LogP contribution in [0.2, 0.25) is 0 Å². The van der Waals surface area contributed by atoms with E-state index in [1.165, 1.54) is 0 Å². The fraction of sp³-hybridized carbons (Fsp3) is 0.200. The van der Waals surface area contributed by atoms with Crippen molar-refractivity contribution in [3.05, 3.63) is 22.3 Å². The predicted octanol–water partition coefficient (Wildman–Crippen LogP) is 2.63. The molecule has 0 unspecified atom stereocenters. The Labute approximate surface area is 107 Å². The van der Waals surface area contributed by atoms with Crippen LogP contribution in [0.5, 0.6) is 0 Å². The summed E-state index contributed by atoms with van der Waals surface area (Å²) in [7, 11) is 0. The molecule has 0 aliphatic carbocycles. The lowest BCUT2D eigenvalue weighted by atomic mass is 9.92. The third kappa shape index (κ3) is 2.28. The highest BCUT2D eigenvalue weighted by molar-refractivity contribution is 5.81. The molecule has 0 bridgehead atoms. The van der Waals surface area contributed by atoms with Crippen LogP contribution in [-0.4, -0.2) is 0 Å². The number of halogens is 6. The summed E-state index contributed by atoms with van der Waals surface area (Å²) in [5, 5.41) is 17.2. The van der Waals surface area contributed by atoms with E-state index in [9.17, 15) is 26.3 Å². The van der Waals surface area contributed by atoms with Crippen LogP contribution >= 0.6 is 0 Å². The minimum atomic E-state index is -5.36. The third-order valence-corrected chi connectivity index (χ3v) is 2.37. The highest BCUT2D eigenvalue weighted by Crippen LogP contribution is 2.46. The molecule has 0 saturated heterocycles. The van der Waals surface area contributed by atoms with Crippen molar-refractivity contribution >= 4 is 11.4 Å². The van der Waals surface area contributed by atoms with Gasteiger partial charge in [0.1, 0.15) is 12.1 Å².